The number of alkyl halides is 3. The van der Waals surface area contributed by atoms with E-state index >= 15 is 0 Å². The van der Waals surface area contributed by atoms with Crippen LogP contribution in [0.3, 0.4) is 0 Å². The van der Waals surface area contributed by atoms with Crippen molar-refractivity contribution in [3.05, 3.63) is 24.3 Å². The van der Waals surface area contributed by atoms with E-state index in [-0.39, 0.29) is 28.6 Å². The van der Waals surface area contributed by atoms with Crippen LogP contribution in [0.5, 0.6) is 11.5 Å². The molecule has 4 aliphatic rings. The van der Waals surface area contributed by atoms with Crippen LogP contribution in [-0.4, -0.2) is 36.4 Å². The van der Waals surface area contributed by atoms with Gasteiger partial charge in [-0.1, -0.05) is 20.8 Å². The quantitative estimate of drug-likeness (QED) is 0.501. The van der Waals surface area contributed by atoms with Crippen LogP contribution in [0.15, 0.2) is 24.3 Å². The first-order valence-corrected chi connectivity index (χ1v) is 12.7. The molecule has 3 aliphatic carbocycles. The Morgan fingerprint density at radius 3 is 2.38 bits per heavy atom. The number of hydrogen-bond donors (Lipinski definition) is 0. The van der Waals surface area contributed by atoms with E-state index in [4.69, 9.17) is 4.74 Å². The van der Waals surface area contributed by atoms with Crippen molar-refractivity contribution in [2.45, 2.75) is 84.2 Å². The molecule has 34 heavy (non-hydrogen) atoms. The molecule has 0 aromatic heterocycles. The lowest BCUT2D eigenvalue weighted by atomic mass is 9.45. The fourth-order valence-corrected chi connectivity index (χ4v) is 8.46. The van der Waals surface area contributed by atoms with Crippen LogP contribution in [0.2, 0.25) is 0 Å². The summed E-state index contributed by atoms with van der Waals surface area (Å²) in [6, 6.07) is 6.09. The number of likely N-dealkylation sites (tertiary alicyclic amines) is 1. The van der Waals surface area contributed by atoms with Crippen molar-refractivity contribution in [1.29, 1.82) is 0 Å². The molecule has 1 aliphatic heterocycles. The summed E-state index contributed by atoms with van der Waals surface area (Å²) in [5.41, 5.74) is 0.396. The number of amides is 1. The maximum Gasteiger partial charge on any atom is 0.573 e. The van der Waals surface area contributed by atoms with Crippen LogP contribution < -0.4 is 9.47 Å². The molecule has 7 heteroatoms. The highest BCUT2D eigenvalue weighted by atomic mass is 19.4. The SMILES string of the molecule is C[C@H]1C[C@H]2N(C)C(=O)CC[C@]2(C)[C@H]2CC[C@]3(C)C[C@@H](Oc4ccc(OC(F)(F)F)cc4)C[C@H]3C12. The lowest BCUT2D eigenvalue weighted by Crippen LogP contribution is -2.62. The molecule has 4 nitrogen and oxygen atoms in total. The summed E-state index contributed by atoms with van der Waals surface area (Å²) in [6.07, 6.45) is 2.42. The van der Waals surface area contributed by atoms with Gasteiger partial charge in [0.1, 0.15) is 11.5 Å². The second-order valence-electron chi connectivity index (χ2n) is 11.9. The molecule has 1 heterocycles. The number of carbonyl (C=O) groups is 1. The van der Waals surface area contributed by atoms with Crippen molar-refractivity contribution in [3.8, 4) is 11.5 Å². The van der Waals surface area contributed by atoms with Crippen LogP contribution >= 0.6 is 0 Å². The number of halogens is 3. The minimum Gasteiger partial charge on any atom is -0.490 e. The zero-order valence-corrected chi connectivity index (χ0v) is 20.5. The summed E-state index contributed by atoms with van der Waals surface area (Å²) in [7, 11) is 1.99. The standard InChI is InChI=1S/C27H36F3NO3/c1-16-13-22-26(3,12-10-23(32)31(22)4)20-9-11-25(2)15-19(14-21(25)24(16)20)33-17-5-7-18(8-6-17)34-27(28,29)30/h5-8,16,19-22,24H,9-15H2,1-4H3/t16-,19-,20-,21-,22+,24?,25+,26+/m0/s1. The summed E-state index contributed by atoms with van der Waals surface area (Å²) in [5, 5.41) is 0. The van der Waals surface area contributed by atoms with E-state index in [1.165, 1.54) is 25.0 Å². The van der Waals surface area contributed by atoms with Crippen LogP contribution in [0, 0.1) is 34.5 Å². The largest absolute Gasteiger partial charge is 0.573 e. The Balaban J connectivity index is 1.32. The van der Waals surface area contributed by atoms with Gasteiger partial charge in [0.2, 0.25) is 5.91 Å². The van der Waals surface area contributed by atoms with Crippen LogP contribution in [0.1, 0.15) is 65.7 Å². The topological polar surface area (TPSA) is 38.8 Å². The van der Waals surface area contributed by atoms with Gasteiger partial charge in [0, 0.05) is 19.5 Å². The van der Waals surface area contributed by atoms with Crippen LogP contribution in [0.4, 0.5) is 13.2 Å². The molecule has 1 aromatic carbocycles. The van der Waals surface area contributed by atoms with Gasteiger partial charge in [-0.25, -0.2) is 0 Å². The van der Waals surface area contributed by atoms with Crippen molar-refractivity contribution in [2.75, 3.05) is 7.05 Å². The van der Waals surface area contributed by atoms with E-state index < -0.39 is 6.36 Å². The molecule has 1 amide bonds. The minimum absolute atomic E-state index is 0.0662. The Hall–Kier alpha value is -1.92. The van der Waals surface area contributed by atoms with Crippen LogP contribution in [-0.2, 0) is 4.79 Å². The molecule has 1 saturated heterocycles. The lowest BCUT2D eigenvalue weighted by Gasteiger charge is -2.63. The predicted molar refractivity (Wildman–Crippen MR) is 122 cm³/mol. The maximum absolute atomic E-state index is 12.4. The molecule has 1 aromatic rings. The van der Waals surface area contributed by atoms with Crippen molar-refractivity contribution in [3.63, 3.8) is 0 Å². The number of carbonyl (C=O) groups excluding carboxylic acids is 1. The van der Waals surface area contributed by atoms with Gasteiger partial charge in [-0.05, 0) is 97.3 Å². The van der Waals surface area contributed by atoms with Gasteiger partial charge in [0.25, 0.3) is 0 Å². The molecule has 0 radical (unpaired) electrons. The molecule has 1 unspecified atom stereocenters. The third-order valence-corrected chi connectivity index (χ3v) is 10.0. The number of fused-ring (bicyclic) bond motifs is 5. The number of nitrogens with zero attached hydrogens (tertiary/aromatic N) is 1. The van der Waals surface area contributed by atoms with E-state index in [1.807, 2.05) is 11.9 Å². The highest BCUT2D eigenvalue weighted by Crippen LogP contribution is 2.66. The monoisotopic (exact) mass is 479 g/mol. The average molecular weight is 480 g/mol. The first-order chi connectivity index (χ1) is 15.9. The Morgan fingerprint density at radius 1 is 1.03 bits per heavy atom. The molecule has 188 valence electrons. The Morgan fingerprint density at radius 2 is 1.71 bits per heavy atom. The molecule has 0 spiro atoms. The van der Waals surface area contributed by atoms with Crippen molar-refractivity contribution < 1.29 is 27.4 Å². The lowest BCUT2D eigenvalue weighted by molar-refractivity contribution is -0.274. The van der Waals surface area contributed by atoms with Gasteiger partial charge in [-0.3, -0.25) is 4.79 Å². The number of ether oxygens (including phenoxy) is 2. The molecular formula is C27H36F3NO3. The van der Waals surface area contributed by atoms with E-state index in [1.54, 1.807) is 12.1 Å². The van der Waals surface area contributed by atoms with Crippen molar-refractivity contribution in [1.82, 2.24) is 4.90 Å². The summed E-state index contributed by atoms with van der Waals surface area (Å²) in [5.74, 6) is 3.01. The molecule has 4 fully saturated rings. The summed E-state index contributed by atoms with van der Waals surface area (Å²) in [4.78, 5) is 14.5. The number of hydrogen-bond acceptors (Lipinski definition) is 3. The summed E-state index contributed by atoms with van der Waals surface area (Å²) < 4.78 is 47.6. The van der Waals surface area contributed by atoms with Gasteiger partial charge >= 0.3 is 6.36 Å². The zero-order chi connectivity index (χ0) is 24.5. The van der Waals surface area contributed by atoms with E-state index in [0.717, 1.165) is 25.7 Å². The van der Waals surface area contributed by atoms with Crippen molar-refractivity contribution in [2.24, 2.45) is 34.5 Å². The van der Waals surface area contributed by atoms with Gasteiger partial charge < -0.3 is 14.4 Å². The van der Waals surface area contributed by atoms with E-state index in [9.17, 15) is 18.0 Å². The second-order valence-corrected chi connectivity index (χ2v) is 11.9. The maximum atomic E-state index is 12.4. The smallest absolute Gasteiger partial charge is 0.490 e. The van der Waals surface area contributed by atoms with Gasteiger partial charge in [0.15, 0.2) is 0 Å². The third-order valence-electron chi connectivity index (χ3n) is 10.0. The average Bonchev–Trinajstić information content (AvgIpc) is 3.09. The number of benzene rings is 1. The first kappa shape index (κ1) is 23.8. The molecule has 5 rings (SSSR count). The highest BCUT2D eigenvalue weighted by Gasteiger charge is 2.62. The summed E-state index contributed by atoms with van der Waals surface area (Å²) in [6.45, 7) is 7.22. The Bertz CT molecular complexity index is 934. The zero-order valence-electron chi connectivity index (χ0n) is 20.5. The molecular weight excluding hydrogens is 443 g/mol. The van der Waals surface area contributed by atoms with Gasteiger partial charge in [-0.2, -0.15) is 0 Å². The van der Waals surface area contributed by atoms with Crippen molar-refractivity contribution >= 4 is 5.91 Å². The first-order valence-electron chi connectivity index (χ1n) is 12.7. The van der Waals surface area contributed by atoms with Gasteiger partial charge in [-0.15, -0.1) is 13.2 Å². The number of piperidine rings is 1. The Labute approximate surface area is 200 Å². The summed E-state index contributed by atoms with van der Waals surface area (Å²) >= 11 is 0. The van der Waals surface area contributed by atoms with Gasteiger partial charge in [0.05, 0.1) is 6.10 Å². The Kier molecular flexibility index (Phi) is 5.64. The molecule has 0 bridgehead atoms. The van der Waals surface area contributed by atoms with E-state index in [2.05, 4.69) is 25.5 Å². The highest BCUT2D eigenvalue weighted by molar-refractivity contribution is 5.77. The van der Waals surface area contributed by atoms with Crippen LogP contribution in [0.25, 0.3) is 0 Å². The fourth-order valence-electron chi connectivity index (χ4n) is 8.46. The fraction of sp³-hybridized carbons (Fsp3) is 0.741. The molecule has 8 atom stereocenters. The molecule has 0 N–H and O–H groups in total. The second kappa shape index (κ2) is 8.06. The molecule has 3 saturated carbocycles. The number of rotatable bonds is 3. The normalized spacial score (nSPS) is 42.0. The minimum atomic E-state index is -4.69. The third kappa shape index (κ3) is 3.97. The van der Waals surface area contributed by atoms with E-state index in [0.29, 0.717) is 41.9 Å². The predicted octanol–water partition coefficient (Wildman–Crippen LogP) is 6.44.